The van der Waals surface area contributed by atoms with E-state index in [0.717, 1.165) is 29.4 Å². The SMILES string of the molecule is CC(C)Cc1ccc(-c2ccc(CN3Cc4nc(-c5cccc(F)c5F)[nH]c4C=N3)nn2)cc1. The Bertz CT molecular complexity index is 1330. The van der Waals surface area contributed by atoms with E-state index < -0.39 is 11.6 Å². The number of H-pyrrole nitrogens is 1. The van der Waals surface area contributed by atoms with E-state index in [1.54, 1.807) is 11.2 Å². The van der Waals surface area contributed by atoms with Crippen molar-refractivity contribution in [3.8, 4) is 22.6 Å². The predicted molar refractivity (Wildman–Crippen MR) is 127 cm³/mol. The molecule has 0 saturated carbocycles. The summed E-state index contributed by atoms with van der Waals surface area (Å²) in [4.78, 5) is 7.48. The second-order valence-corrected chi connectivity index (χ2v) is 8.82. The Morgan fingerprint density at radius 3 is 2.56 bits per heavy atom. The van der Waals surface area contributed by atoms with Crippen molar-refractivity contribution in [1.82, 2.24) is 25.2 Å². The maximum absolute atomic E-state index is 14.1. The minimum atomic E-state index is -0.924. The Hall–Kier alpha value is -3.94. The van der Waals surface area contributed by atoms with Gasteiger partial charge in [0.1, 0.15) is 5.82 Å². The monoisotopic (exact) mass is 458 g/mol. The molecule has 0 fully saturated rings. The number of rotatable bonds is 6. The molecule has 8 heteroatoms. The van der Waals surface area contributed by atoms with Gasteiger partial charge in [0.2, 0.25) is 0 Å². The van der Waals surface area contributed by atoms with Crippen LogP contribution in [0.2, 0.25) is 0 Å². The first kappa shape index (κ1) is 21.9. The van der Waals surface area contributed by atoms with Crippen LogP contribution in [0.4, 0.5) is 8.78 Å². The summed E-state index contributed by atoms with van der Waals surface area (Å²) in [6, 6.07) is 16.4. The minimum Gasteiger partial charge on any atom is -0.337 e. The van der Waals surface area contributed by atoms with Gasteiger partial charge in [-0.05, 0) is 42.2 Å². The summed E-state index contributed by atoms with van der Waals surface area (Å²) in [5, 5.41) is 15.0. The topological polar surface area (TPSA) is 70.1 Å². The lowest BCUT2D eigenvalue weighted by Gasteiger charge is -2.20. The summed E-state index contributed by atoms with van der Waals surface area (Å²) >= 11 is 0. The summed E-state index contributed by atoms with van der Waals surface area (Å²) in [5.74, 6) is -0.934. The number of benzene rings is 2. The summed E-state index contributed by atoms with van der Waals surface area (Å²) in [7, 11) is 0. The molecule has 0 aliphatic carbocycles. The molecule has 0 spiro atoms. The maximum atomic E-state index is 14.1. The highest BCUT2D eigenvalue weighted by Gasteiger charge is 2.20. The molecule has 2 aromatic heterocycles. The van der Waals surface area contributed by atoms with Gasteiger partial charge in [-0.25, -0.2) is 13.8 Å². The smallest absolute Gasteiger partial charge is 0.169 e. The van der Waals surface area contributed by atoms with Gasteiger partial charge in [-0.1, -0.05) is 44.2 Å². The Kier molecular flexibility index (Phi) is 5.88. The molecular formula is C26H24F2N6. The van der Waals surface area contributed by atoms with Crippen molar-refractivity contribution >= 4 is 6.21 Å². The summed E-state index contributed by atoms with van der Waals surface area (Å²) in [6.07, 6.45) is 2.69. The normalized spacial score (nSPS) is 12.9. The molecule has 0 bridgehead atoms. The lowest BCUT2D eigenvalue weighted by atomic mass is 10.0. The van der Waals surface area contributed by atoms with Crippen LogP contribution in [0.25, 0.3) is 22.6 Å². The van der Waals surface area contributed by atoms with Crippen LogP contribution in [0.1, 0.15) is 36.5 Å². The highest BCUT2D eigenvalue weighted by molar-refractivity contribution is 5.80. The van der Waals surface area contributed by atoms with E-state index in [9.17, 15) is 8.78 Å². The van der Waals surface area contributed by atoms with E-state index in [1.807, 2.05) is 12.1 Å². The second kappa shape index (κ2) is 9.13. The fourth-order valence-electron chi connectivity index (χ4n) is 3.98. The number of aromatic amines is 1. The van der Waals surface area contributed by atoms with Crippen molar-refractivity contribution in [2.45, 2.75) is 33.4 Å². The van der Waals surface area contributed by atoms with Gasteiger partial charge in [0.25, 0.3) is 0 Å². The first-order valence-corrected chi connectivity index (χ1v) is 11.2. The van der Waals surface area contributed by atoms with Gasteiger partial charge < -0.3 is 4.98 Å². The number of nitrogens with zero attached hydrogens (tertiary/aromatic N) is 5. The van der Waals surface area contributed by atoms with E-state index in [2.05, 4.69) is 63.4 Å². The largest absolute Gasteiger partial charge is 0.337 e. The summed E-state index contributed by atoms with van der Waals surface area (Å²) < 4.78 is 27.7. The molecule has 3 heterocycles. The molecule has 172 valence electrons. The average molecular weight is 459 g/mol. The van der Waals surface area contributed by atoms with Crippen LogP contribution in [0.3, 0.4) is 0 Å². The van der Waals surface area contributed by atoms with Crippen molar-refractivity contribution in [1.29, 1.82) is 0 Å². The molecular weight excluding hydrogens is 434 g/mol. The fourth-order valence-corrected chi connectivity index (χ4v) is 3.98. The zero-order valence-corrected chi connectivity index (χ0v) is 19.0. The van der Waals surface area contributed by atoms with Crippen LogP contribution in [0, 0.1) is 17.6 Å². The second-order valence-electron chi connectivity index (χ2n) is 8.82. The lowest BCUT2D eigenvalue weighted by Crippen LogP contribution is -2.22. The maximum Gasteiger partial charge on any atom is 0.169 e. The third-order valence-electron chi connectivity index (χ3n) is 5.66. The summed E-state index contributed by atoms with van der Waals surface area (Å²) in [5.41, 5.74) is 5.41. The van der Waals surface area contributed by atoms with Gasteiger partial charge in [0, 0.05) is 5.56 Å². The summed E-state index contributed by atoms with van der Waals surface area (Å²) in [6.45, 7) is 5.29. The molecule has 0 atom stereocenters. The third kappa shape index (κ3) is 4.57. The van der Waals surface area contributed by atoms with Crippen molar-refractivity contribution in [2.24, 2.45) is 11.0 Å². The van der Waals surface area contributed by atoms with Crippen LogP contribution in [-0.4, -0.2) is 31.4 Å². The minimum absolute atomic E-state index is 0.0908. The standard InChI is InChI=1S/C26H24F2N6/c1-16(2)12-17-6-8-18(9-7-17)22-11-10-19(32-33-22)14-34-15-24-23(13-29-34)30-26(31-24)20-4-3-5-21(27)25(20)28/h3-11,13,16H,12,14-15H2,1-2H3,(H,30,31). The van der Waals surface area contributed by atoms with E-state index in [1.165, 1.54) is 17.7 Å². The van der Waals surface area contributed by atoms with Crippen LogP contribution < -0.4 is 0 Å². The van der Waals surface area contributed by atoms with Crippen LogP contribution in [0.15, 0.2) is 59.7 Å². The van der Waals surface area contributed by atoms with Crippen molar-refractivity contribution in [3.05, 3.63) is 88.9 Å². The zero-order chi connectivity index (χ0) is 23.7. The number of aromatic nitrogens is 4. The third-order valence-corrected chi connectivity index (χ3v) is 5.66. The molecule has 0 unspecified atom stereocenters. The number of hydrogen-bond donors (Lipinski definition) is 1. The number of fused-ring (bicyclic) bond motifs is 1. The zero-order valence-electron chi connectivity index (χ0n) is 19.0. The van der Waals surface area contributed by atoms with Crippen molar-refractivity contribution < 1.29 is 8.78 Å². The highest BCUT2D eigenvalue weighted by atomic mass is 19.2. The van der Waals surface area contributed by atoms with Gasteiger partial charge in [-0.2, -0.15) is 15.3 Å². The van der Waals surface area contributed by atoms with Gasteiger partial charge in [0.15, 0.2) is 11.6 Å². The molecule has 6 nitrogen and oxygen atoms in total. The quantitative estimate of drug-likeness (QED) is 0.422. The molecule has 1 N–H and O–H groups in total. The van der Waals surface area contributed by atoms with E-state index >= 15 is 0 Å². The van der Waals surface area contributed by atoms with E-state index in [4.69, 9.17) is 0 Å². The first-order valence-electron chi connectivity index (χ1n) is 11.2. The molecule has 2 aromatic carbocycles. The Labute approximate surface area is 196 Å². The number of halogens is 2. The number of imidazole rings is 1. The van der Waals surface area contributed by atoms with Crippen molar-refractivity contribution in [3.63, 3.8) is 0 Å². The number of hydrogen-bond acceptors (Lipinski definition) is 5. The van der Waals surface area contributed by atoms with E-state index in [-0.39, 0.29) is 11.4 Å². The molecule has 0 amide bonds. The average Bonchev–Trinajstić information content (AvgIpc) is 3.25. The van der Waals surface area contributed by atoms with Gasteiger partial charge in [-0.15, -0.1) is 0 Å². The highest BCUT2D eigenvalue weighted by Crippen LogP contribution is 2.25. The van der Waals surface area contributed by atoms with Gasteiger partial charge >= 0.3 is 0 Å². The van der Waals surface area contributed by atoms with Crippen molar-refractivity contribution in [2.75, 3.05) is 0 Å². The Morgan fingerprint density at radius 1 is 1.00 bits per heavy atom. The molecule has 4 aromatic rings. The Morgan fingerprint density at radius 2 is 1.82 bits per heavy atom. The molecule has 1 aliphatic heterocycles. The fraction of sp³-hybridized carbons (Fsp3) is 0.231. The number of hydrazone groups is 1. The molecule has 5 rings (SSSR count). The van der Waals surface area contributed by atoms with Gasteiger partial charge in [0.05, 0.1) is 47.6 Å². The van der Waals surface area contributed by atoms with Crippen LogP contribution >= 0.6 is 0 Å². The number of nitrogens with one attached hydrogen (secondary N) is 1. The van der Waals surface area contributed by atoms with E-state index in [0.29, 0.717) is 30.4 Å². The molecule has 1 aliphatic rings. The lowest BCUT2D eigenvalue weighted by molar-refractivity contribution is 0.261. The predicted octanol–water partition coefficient (Wildman–Crippen LogP) is 5.36. The van der Waals surface area contributed by atoms with Crippen LogP contribution in [-0.2, 0) is 19.5 Å². The molecule has 0 saturated heterocycles. The molecule has 0 radical (unpaired) electrons. The van der Waals surface area contributed by atoms with Gasteiger partial charge in [-0.3, -0.25) is 5.01 Å². The molecule has 34 heavy (non-hydrogen) atoms. The Balaban J connectivity index is 1.26. The first-order chi connectivity index (χ1) is 16.5. The van der Waals surface area contributed by atoms with Crippen LogP contribution in [0.5, 0.6) is 0 Å².